The number of tetrazole rings is 1. The zero-order valence-electron chi connectivity index (χ0n) is 16.8. The van der Waals surface area contributed by atoms with Crippen molar-refractivity contribution in [1.29, 1.82) is 0 Å². The van der Waals surface area contributed by atoms with Gasteiger partial charge in [0.25, 0.3) is 0 Å². The Labute approximate surface area is 183 Å². The number of hydrogen-bond acceptors (Lipinski definition) is 8. The highest BCUT2D eigenvalue weighted by Crippen LogP contribution is 2.21. The van der Waals surface area contributed by atoms with E-state index < -0.39 is 15.8 Å². The minimum atomic E-state index is -3.79. The lowest BCUT2D eigenvalue weighted by Gasteiger charge is -2.34. The Balaban J connectivity index is 1.29. The topological polar surface area (TPSA) is 111 Å². The molecular weight excluding hydrogens is 447 g/mol. The fourth-order valence-corrected chi connectivity index (χ4v) is 5.81. The highest BCUT2D eigenvalue weighted by molar-refractivity contribution is 7.99. The number of carbonyl (C=O) groups is 1. The van der Waals surface area contributed by atoms with Crippen LogP contribution in [0.3, 0.4) is 0 Å². The summed E-state index contributed by atoms with van der Waals surface area (Å²) in [6.07, 6.45) is 2.08. The zero-order valence-corrected chi connectivity index (χ0v) is 18.4. The standard InChI is InChI=1S/C18H23FN6O4S2/c19-14-3-1-5-16(11-14)31(27,28)24-8-6-23(7-9-24)17(26)13-30-18-20-21-22-25(18)12-15-4-2-10-29-15/h1,3,5,11,15H,2,4,6-10,12-13H2/t15-/m0/s1. The summed E-state index contributed by atoms with van der Waals surface area (Å²) < 4.78 is 47.3. The molecule has 2 aliphatic rings. The van der Waals surface area contributed by atoms with Crippen LogP contribution in [0.1, 0.15) is 12.8 Å². The first-order valence-electron chi connectivity index (χ1n) is 9.97. The number of halogens is 1. The molecule has 2 fully saturated rings. The summed E-state index contributed by atoms with van der Waals surface area (Å²) >= 11 is 1.25. The van der Waals surface area contributed by atoms with Gasteiger partial charge in [0.05, 0.1) is 23.3 Å². The molecule has 2 aromatic rings. The van der Waals surface area contributed by atoms with Crippen LogP contribution in [0.5, 0.6) is 0 Å². The second-order valence-corrected chi connectivity index (χ2v) is 10.2. The van der Waals surface area contributed by atoms with Crippen LogP contribution < -0.4 is 0 Å². The van der Waals surface area contributed by atoms with E-state index in [2.05, 4.69) is 15.5 Å². The lowest BCUT2D eigenvalue weighted by atomic mass is 10.2. The summed E-state index contributed by atoms with van der Waals surface area (Å²) in [4.78, 5) is 14.1. The summed E-state index contributed by atoms with van der Waals surface area (Å²) in [5.41, 5.74) is 0. The third-order valence-electron chi connectivity index (χ3n) is 5.25. The maximum absolute atomic E-state index is 13.4. The Morgan fingerprint density at radius 1 is 1.26 bits per heavy atom. The molecule has 168 valence electrons. The quantitative estimate of drug-likeness (QED) is 0.542. The van der Waals surface area contributed by atoms with Gasteiger partial charge < -0.3 is 9.64 Å². The minimum Gasteiger partial charge on any atom is -0.376 e. The lowest BCUT2D eigenvalue weighted by Crippen LogP contribution is -2.51. The molecule has 1 amide bonds. The SMILES string of the molecule is O=C(CSc1nnnn1C[C@@H]1CCCO1)N1CCN(S(=O)(=O)c2cccc(F)c2)CC1. The summed E-state index contributed by atoms with van der Waals surface area (Å²) in [7, 11) is -3.79. The van der Waals surface area contributed by atoms with Gasteiger partial charge in [0, 0.05) is 32.8 Å². The van der Waals surface area contributed by atoms with Crippen LogP contribution in [-0.4, -0.2) is 88.4 Å². The van der Waals surface area contributed by atoms with Crippen molar-refractivity contribution in [3.8, 4) is 0 Å². The van der Waals surface area contributed by atoms with Gasteiger partial charge >= 0.3 is 0 Å². The fraction of sp³-hybridized carbons (Fsp3) is 0.556. The van der Waals surface area contributed by atoms with Crippen LogP contribution in [0.4, 0.5) is 4.39 Å². The molecular formula is C18H23FN6O4S2. The molecule has 0 saturated carbocycles. The monoisotopic (exact) mass is 470 g/mol. The van der Waals surface area contributed by atoms with E-state index in [0.29, 0.717) is 11.7 Å². The summed E-state index contributed by atoms with van der Waals surface area (Å²) in [6, 6.07) is 4.94. The summed E-state index contributed by atoms with van der Waals surface area (Å²) in [5.74, 6) is -0.559. The number of piperazine rings is 1. The molecule has 0 N–H and O–H groups in total. The lowest BCUT2D eigenvalue weighted by molar-refractivity contribution is -0.129. The van der Waals surface area contributed by atoms with Crippen LogP contribution in [0.25, 0.3) is 0 Å². The second-order valence-electron chi connectivity index (χ2n) is 7.31. The third kappa shape index (κ3) is 5.22. The van der Waals surface area contributed by atoms with Crippen molar-refractivity contribution in [1.82, 2.24) is 29.4 Å². The molecule has 0 unspecified atom stereocenters. The Hall–Kier alpha value is -2.09. The largest absolute Gasteiger partial charge is 0.376 e. The van der Waals surface area contributed by atoms with E-state index in [4.69, 9.17) is 4.74 Å². The number of thioether (sulfide) groups is 1. The normalized spacial score (nSPS) is 20.3. The van der Waals surface area contributed by atoms with Gasteiger partial charge in [0.2, 0.25) is 21.1 Å². The van der Waals surface area contributed by atoms with Gasteiger partial charge in [-0.05, 0) is 41.5 Å². The number of aromatic nitrogens is 4. The molecule has 0 bridgehead atoms. The highest BCUT2D eigenvalue weighted by Gasteiger charge is 2.30. The number of amides is 1. The van der Waals surface area contributed by atoms with Gasteiger partial charge in [-0.2, -0.15) is 4.31 Å². The van der Waals surface area contributed by atoms with Crippen LogP contribution >= 0.6 is 11.8 Å². The molecule has 1 aromatic heterocycles. The van der Waals surface area contributed by atoms with E-state index >= 15 is 0 Å². The number of hydrogen-bond donors (Lipinski definition) is 0. The molecule has 0 aliphatic carbocycles. The average Bonchev–Trinajstić information content (AvgIpc) is 3.44. The van der Waals surface area contributed by atoms with Crippen molar-refractivity contribution >= 4 is 27.7 Å². The van der Waals surface area contributed by atoms with E-state index in [0.717, 1.165) is 25.5 Å². The highest BCUT2D eigenvalue weighted by atomic mass is 32.2. The molecule has 0 spiro atoms. The number of ether oxygens (including phenoxy) is 1. The van der Waals surface area contributed by atoms with Gasteiger partial charge in [-0.15, -0.1) is 5.10 Å². The maximum atomic E-state index is 13.4. The van der Waals surface area contributed by atoms with Crippen LogP contribution in [-0.2, 0) is 26.1 Å². The molecule has 1 aromatic carbocycles. The molecule has 0 radical (unpaired) electrons. The Morgan fingerprint density at radius 3 is 2.77 bits per heavy atom. The van der Waals surface area contributed by atoms with Gasteiger partial charge in [-0.1, -0.05) is 17.8 Å². The molecule has 2 saturated heterocycles. The molecule has 2 aliphatic heterocycles. The van der Waals surface area contributed by atoms with Crippen LogP contribution in [0, 0.1) is 5.82 Å². The third-order valence-corrected chi connectivity index (χ3v) is 8.09. The summed E-state index contributed by atoms with van der Waals surface area (Å²) in [5, 5.41) is 12.2. The number of sulfonamides is 1. The Bertz CT molecular complexity index is 1020. The molecule has 13 heteroatoms. The molecule has 1 atom stereocenters. The van der Waals surface area contributed by atoms with E-state index in [1.165, 1.54) is 34.3 Å². The molecule has 10 nitrogen and oxygen atoms in total. The van der Waals surface area contributed by atoms with Gasteiger partial charge in [0.1, 0.15) is 5.82 Å². The van der Waals surface area contributed by atoms with Crippen LogP contribution in [0.15, 0.2) is 34.3 Å². The van der Waals surface area contributed by atoms with E-state index in [1.807, 2.05) is 0 Å². The minimum absolute atomic E-state index is 0.0825. The van der Waals surface area contributed by atoms with Gasteiger partial charge in [-0.25, -0.2) is 17.5 Å². The molecule has 31 heavy (non-hydrogen) atoms. The Kier molecular flexibility index (Phi) is 6.84. The maximum Gasteiger partial charge on any atom is 0.243 e. The van der Waals surface area contributed by atoms with E-state index in [9.17, 15) is 17.6 Å². The summed E-state index contributed by atoms with van der Waals surface area (Å²) in [6.45, 7) is 2.16. The van der Waals surface area contributed by atoms with Crippen LogP contribution in [0.2, 0.25) is 0 Å². The molecule has 3 heterocycles. The first-order chi connectivity index (χ1) is 14.9. The second kappa shape index (κ2) is 9.59. The van der Waals surface area contributed by atoms with Gasteiger partial charge in [0.15, 0.2) is 0 Å². The average molecular weight is 471 g/mol. The van der Waals surface area contributed by atoms with Crippen molar-refractivity contribution in [3.63, 3.8) is 0 Å². The first-order valence-corrected chi connectivity index (χ1v) is 12.4. The van der Waals surface area contributed by atoms with Crippen molar-refractivity contribution < 1.29 is 22.3 Å². The number of carbonyl (C=O) groups excluding carboxylic acids is 1. The predicted octanol–water partition coefficient (Wildman–Crippen LogP) is 0.616. The van der Waals surface area contributed by atoms with E-state index in [-0.39, 0.29) is 48.8 Å². The number of benzene rings is 1. The zero-order chi connectivity index (χ0) is 21.8. The smallest absolute Gasteiger partial charge is 0.243 e. The fourth-order valence-electron chi connectivity index (χ4n) is 3.57. The van der Waals surface area contributed by atoms with E-state index in [1.54, 1.807) is 9.58 Å². The number of rotatable bonds is 7. The van der Waals surface area contributed by atoms with Crippen molar-refractivity contribution in [3.05, 3.63) is 30.1 Å². The Morgan fingerprint density at radius 2 is 2.06 bits per heavy atom. The first kappa shape index (κ1) is 22.1. The number of nitrogens with zero attached hydrogens (tertiary/aromatic N) is 6. The predicted molar refractivity (Wildman–Crippen MR) is 109 cm³/mol. The molecule has 4 rings (SSSR count). The van der Waals surface area contributed by atoms with Crippen molar-refractivity contribution in [2.45, 2.75) is 35.5 Å². The van der Waals surface area contributed by atoms with Crippen molar-refractivity contribution in [2.24, 2.45) is 0 Å². The van der Waals surface area contributed by atoms with Gasteiger partial charge in [-0.3, -0.25) is 4.79 Å². The van der Waals surface area contributed by atoms with Crippen molar-refractivity contribution in [2.75, 3.05) is 38.5 Å².